The fourth-order valence-corrected chi connectivity index (χ4v) is 0.924. The zero-order chi connectivity index (χ0) is 14.0. The number of para-hydroxylation sites is 1. The van der Waals surface area contributed by atoms with Crippen molar-refractivity contribution >= 4 is 35.0 Å². The van der Waals surface area contributed by atoms with E-state index in [4.69, 9.17) is 15.9 Å². The summed E-state index contributed by atoms with van der Waals surface area (Å²) < 4.78 is 0. The molecule has 18 heavy (non-hydrogen) atoms. The van der Waals surface area contributed by atoms with Gasteiger partial charge in [0.05, 0.1) is 0 Å². The number of nitrogens with one attached hydrogen (secondary N) is 1. The van der Waals surface area contributed by atoms with E-state index in [0.29, 0.717) is 17.3 Å². The molecule has 0 unspecified atom stereocenters. The summed E-state index contributed by atoms with van der Waals surface area (Å²) in [4.78, 5) is 19.1. The number of carbonyl (C=O) groups is 2. The van der Waals surface area contributed by atoms with Crippen LogP contribution in [0.1, 0.15) is 0 Å². The highest BCUT2D eigenvalue weighted by atomic mass is 32.1. The van der Waals surface area contributed by atoms with Gasteiger partial charge in [0.15, 0.2) is 5.11 Å². The second kappa shape index (κ2) is 8.71. The topological polar surface area (TPSA) is 113 Å². The highest BCUT2D eigenvalue weighted by molar-refractivity contribution is 7.80. The van der Waals surface area contributed by atoms with Crippen molar-refractivity contribution in [2.45, 2.75) is 0 Å². The number of carboxylic acid groups (broad SMARTS) is 2. The number of aliphatic carboxylic acids is 2. The molecule has 7 heteroatoms. The van der Waals surface area contributed by atoms with Gasteiger partial charge in [0, 0.05) is 17.8 Å². The number of hydrogen-bond acceptors (Lipinski definition) is 3. The third kappa shape index (κ3) is 10.1. The average molecular weight is 268 g/mol. The molecule has 6 nitrogen and oxygen atoms in total. The summed E-state index contributed by atoms with van der Waals surface area (Å²) in [7, 11) is 0. The first kappa shape index (κ1) is 15.6. The number of carboxylic acids is 2. The Morgan fingerprint density at radius 2 is 1.56 bits per heavy atom. The number of benzene rings is 1. The summed E-state index contributed by atoms with van der Waals surface area (Å²) in [5.74, 6) is -2.51. The van der Waals surface area contributed by atoms with E-state index in [1.54, 1.807) is 0 Å². The van der Waals surface area contributed by atoms with Crippen molar-refractivity contribution in [3.63, 3.8) is 0 Å². The van der Waals surface area contributed by atoms with Crippen LogP contribution in [-0.2, 0) is 9.59 Å². The normalized spacial score (nSPS) is 9.11. The Hall–Kier alpha value is -2.41. The van der Waals surface area contributed by atoms with E-state index in [-0.39, 0.29) is 0 Å². The number of hydrogen-bond donors (Lipinski definition) is 4. The highest BCUT2D eigenvalue weighted by Gasteiger charge is 1.88. The molecule has 0 spiro atoms. The van der Waals surface area contributed by atoms with Crippen molar-refractivity contribution in [2.75, 3.05) is 5.32 Å². The summed E-state index contributed by atoms with van der Waals surface area (Å²) in [6.07, 6.45) is 1.12. The maximum atomic E-state index is 9.55. The van der Waals surface area contributed by atoms with Crippen molar-refractivity contribution in [3.8, 4) is 0 Å². The second-order valence-electron chi connectivity index (χ2n) is 2.87. The largest absolute Gasteiger partial charge is 0.478 e. The lowest BCUT2D eigenvalue weighted by Crippen LogP contribution is -2.18. The third-order valence-corrected chi connectivity index (χ3v) is 1.51. The molecule has 0 aliphatic carbocycles. The van der Waals surface area contributed by atoms with Crippen molar-refractivity contribution in [2.24, 2.45) is 5.73 Å². The molecule has 0 aliphatic rings. The quantitative estimate of drug-likeness (QED) is 0.478. The Kier molecular flexibility index (Phi) is 7.54. The van der Waals surface area contributed by atoms with Crippen LogP contribution in [0.25, 0.3) is 0 Å². The van der Waals surface area contributed by atoms with Gasteiger partial charge >= 0.3 is 11.9 Å². The van der Waals surface area contributed by atoms with E-state index in [9.17, 15) is 9.59 Å². The second-order valence-corrected chi connectivity index (χ2v) is 3.30. The zero-order valence-electron chi connectivity index (χ0n) is 9.24. The van der Waals surface area contributed by atoms with Gasteiger partial charge in [-0.3, -0.25) is 0 Å². The van der Waals surface area contributed by atoms with Gasteiger partial charge in [0.25, 0.3) is 0 Å². The van der Waals surface area contributed by atoms with Crippen molar-refractivity contribution in [1.29, 1.82) is 0 Å². The molecule has 0 fully saturated rings. The summed E-state index contributed by atoms with van der Waals surface area (Å²) in [6.45, 7) is 0. The van der Waals surface area contributed by atoms with Gasteiger partial charge in [-0.15, -0.1) is 0 Å². The molecule has 1 aromatic carbocycles. The minimum atomic E-state index is -1.26. The standard InChI is InChI=1S/C7H8N2S.C4H4O4/c8-7(10)9-6-4-2-1-3-5-6;5-3(6)1-2-4(7)8/h1-5H,(H3,8,9,10);1-2H,(H,5,6)(H,7,8). The smallest absolute Gasteiger partial charge is 0.328 e. The molecule has 0 radical (unpaired) electrons. The molecule has 0 aliphatic heterocycles. The Balaban J connectivity index is 0.000000331. The third-order valence-electron chi connectivity index (χ3n) is 1.41. The lowest BCUT2D eigenvalue weighted by atomic mass is 10.3. The number of thiocarbonyl (C=S) groups is 1. The maximum Gasteiger partial charge on any atom is 0.328 e. The van der Waals surface area contributed by atoms with Crippen LogP contribution in [0.4, 0.5) is 5.69 Å². The molecular formula is C11H12N2O4S. The monoisotopic (exact) mass is 268 g/mol. The molecule has 1 aromatic rings. The predicted octanol–water partition coefficient (Wildman–Crippen LogP) is 1.05. The van der Waals surface area contributed by atoms with E-state index in [1.807, 2.05) is 30.3 Å². The van der Waals surface area contributed by atoms with Gasteiger partial charge in [-0.25, -0.2) is 9.59 Å². The molecule has 96 valence electrons. The van der Waals surface area contributed by atoms with Gasteiger partial charge in [-0.05, 0) is 24.4 Å². The highest BCUT2D eigenvalue weighted by Crippen LogP contribution is 2.03. The SMILES string of the molecule is NC(=S)Nc1ccccc1.O=C(O)C=CC(=O)O. The van der Waals surface area contributed by atoms with Crippen LogP contribution in [0, 0.1) is 0 Å². The number of nitrogens with two attached hydrogens (primary N) is 1. The molecule has 0 heterocycles. The van der Waals surface area contributed by atoms with Crippen LogP contribution in [-0.4, -0.2) is 27.3 Å². The summed E-state index contributed by atoms with van der Waals surface area (Å²) in [5.41, 5.74) is 6.17. The van der Waals surface area contributed by atoms with E-state index in [2.05, 4.69) is 17.5 Å². The Labute approximate surface area is 109 Å². The number of rotatable bonds is 3. The van der Waals surface area contributed by atoms with E-state index < -0.39 is 11.9 Å². The Morgan fingerprint density at radius 3 is 1.89 bits per heavy atom. The average Bonchev–Trinajstić information content (AvgIpc) is 2.28. The van der Waals surface area contributed by atoms with E-state index in [1.165, 1.54) is 0 Å². The van der Waals surface area contributed by atoms with E-state index >= 15 is 0 Å². The van der Waals surface area contributed by atoms with Crippen LogP contribution in [0.15, 0.2) is 42.5 Å². The molecule has 0 atom stereocenters. The lowest BCUT2D eigenvalue weighted by molar-refractivity contribution is -0.134. The van der Waals surface area contributed by atoms with Crippen LogP contribution in [0.3, 0.4) is 0 Å². The summed E-state index contributed by atoms with van der Waals surface area (Å²) in [5, 5.41) is 18.7. The fraction of sp³-hybridized carbons (Fsp3) is 0. The first-order valence-corrected chi connectivity index (χ1v) is 5.08. The first-order valence-electron chi connectivity index (χ1n) is 4.67. The Morgan fingerprint density at radius 1 is 1.11 bits per heavy atom. The molecule has 0 aromatic heterocycles. The molecule has 0 saturated carbocycles. The molecule has 0 bridgehead atoms. The molecule has 0 amide bonds. The number of anilines is 1. The van der Waals surface area contributed by atoms with Crippen molar-refractivity contribution in [1.82, 2.24) is 0 Å². The molecule has 0 saturated heterocycles. The van der Waals surface area contributed by atoms with Crippen molar-refractivity contribution < 1.29 is 19.8 Å². The van der Waals surface area contributed by atoms with Crippen LogP contribution >= 0.6 is 12.2 Å². The molecule has 5 N–H and O–H groups in total. The first-order chi connectivity index (χ1) is 8.41. The van der Waals surface area contributed by atoms with Gasteiger partial charge in [0.2, 0.25) is 0 Å². The molecule has 1 rings (SSSR count). The van der Waals surface area contributed by atoms with Crippen molar-refractivity contribution in [3.05, 3.63) is 42.5 Å². The lowest BCUT2D eigenvalue weighted by Gasteiger charge is -2.00. The van der Waals surface area contributed by atoms with Crippen LogP contribution in [0.2, 0.25) is 0 Å². The summed E-state index contributed by atoms with van der Waals surface area (Å²) >= 11 is 4.64. The zero-order valence-corrected chi connectivity index (χ0v) is 10.1. The Bertz CT molecular complexity index is 430. The maximum absolute atomic E-state index is 9.55. The van der Waals surface area contributed by atoms with Gasteiger partial charge in [-0.1, -0.05) is 18.2 Å². The van der Waals surface area contributed by atoms with Gasteiger partial charge < -0.3 is 21.3 Å². The fourth-order valence-electron chi connectivity index (χ4n) is 0.806. The predicted molar refractivity (Wildman–Crippen MR) is 71.3 cm³/mol. The van der Waals surface area contributed by atoms with Crippen LogP contribution < -0.4 is 11.1 Å². The van der Waals surface area contributed by atoms with E-state index in [0.717, 1.165) is 5.69 Å². The minimum absolute atomic E-state index is 0.297. The van der Waals surface area contributed by atoms with Gasteiger partial charge in [-0.2, -0.15) is 0 Å². The van der Waals surface area contributed by atoms with Crippen LogP contribution in [0.5, 0.6) is 0 Å². The minimum Gasteiger partial charge on any atom is -0.478 e. The molecular weight excluding hydrogens is 256 g/mol. The summed E-state index contributed by atoms with van der Waals surface area (Å²) in [6, 6.07) is 9.57. The van der Waals surface area contributed by atoms with Gasteiger partial charge in [0.1, 0.15) is 0 Å².